The number of aromatic hydroxyl groups is 2. The van der Waals surface area contributed by atoms with Gasteiger partial charge in [0.25, 0.3) is 0 Å². The largest absolute Gasteiger partial charge is 0.506 e. The van der Waals surface area contributed by atoms with E-state index >= 15 is 0 Å². The number of hydrogen-bond acceptors (Lipinski definition) is 4. The lowest BCUT2D eigenvalue weighted by molar-refractivity contribution is -0.171. The Kier molecular flexibility index (Phi) is 3.79. The van der Waals surface area contributed by atoms with E-state index in [-0.39, 0.29) is 0 Å². The van der Waals surface area contributed by atoms with Crippen molar-refractivity contribution in [3.8, 4) is 11.5 Å². The predicted molar refractivity (Wildman–Crippen MR) is 54.1 cm³/mol. The van der Waals surface area contributed by atoms with Crippen molar-refractivity contribution in [3.05, 3.63) is 18.2 Å². The van der Waals surface area contributed by atoms with Crippen LogP contribution in [-0.4, -0.2) is 28.1 Å². The molecule has 5 nitrogen and oxygen atoms in total. The van der Waals surface area contributed by atoms with Crippen LogP contribution >= 0.6 is 0 Å². The Morgan fingerprint density at radius 1 is 1.17 bits per heavy atom. The van der Waals surface area contributed by atoms with Crippen LogP contribution in [0.3, 0.4) is 0 Å². The number of carbonyl (C=O) groups is 2. The first-order valence-electron chi connectivity index (χ1n) is 4.62. The van der Waals surface area contributed by atoms with Gasteiger partial charge in [0.15, 0.2) is 0 Å². The van der Waals surface area contributed by atoms with Gasteiger partial charge in [-0.05, 0) is 12.1 Å². The summed E-state index contributed by atoms with van der Waals surface area (Å²) < 4.78 is 35.6. The Morgan fingerprint density at radius 2 is 1.67 bits per heavy atom. The van der Waals surface area contributed by atoms with Crippen molar-refractivity contribution in [3.63, 3.8) is 0 Å². The van der Waals surface area contributed by atoms with Crippen molar-refractivity contribution in [1.29, 1.82) is 0 Å². The number of rotatable bonds is 3. The lowest BCUT2D eigenvalue weighted by Gasteiger charge is -2.09. The number of phenolic OH excluding ortho intramolecular Hbond substituents is 2. The highest BCUT2D eigenvalue weighted by Crippen LogP contribution is 2.32. The molecule has 98 valence electrons. The molecule has 0 heterocycles. The molecule has 0 bridgehead atoms. The third-order valence-electron chi connectivity index (χ3n) is 1.92. The van der Waals surface area contributed by atoms with Gasteiger partial charge in [0.2, 0.25) is 11.7 Å². The summed E-state index contributed by atoms with van der Waals surface area (Å²) in [6, 6.07) is 3.49. The van der Waals surface area contributed by atoms with Crippen molar-refractivity contribution in [2.75, 3.05) is 5.32 Å². The molecular weight excluding hydrogens is 255 g/mol. The van der Waals surface area contributed by atoms with Gasteiger partial charge in [-0.15, -0.1) is 0 Å². The second kappa shape index (κ2) is 4.94. The third-order valence-corrected chi connectivity index (χ3v) is 1.92. The number of para-hydroxylation sites is 1. The topological polar surface area (TPSA) is 86.6 Å². The van der Waals surface area contributed by atoms with Crippen molar-refractivity contribution in [2.45, 2.75) is 12.6 Å². The molecule has 0 saturated heterocycles. The van der Waals surface area contributed by atoms with Crippen molar-refractivity contribution < 1.29 is 33.0 Å². The molecule has 0 fully saturated rings. The van der Waals surface area contributed by atoms with Crippen LogP contribution in [0.2, 0.25) is 0 Å². The number of halogens is 3. The van der Waals surface area contributed by atoms with Crippen LogP contribution < -0.4 is 5.32 Å². The number of benzene rings is 1. The van der Waals surface area contributed by atoms with E-state index in [1.807, 2.05) is 5.32 Å². The summed E-state index contributed by atoms with van der Waals surface area (Å²) in [6.07, 6.45) is -6.52. The molecule has 8 heteroatoms. The van der Waals surface area contributed by atoms with E-state index in [1.54, 1.807) is 0 Å². The van der Waals surface area contributed by atoms with Gasteiger partial charge in [-0.2, -0.15) is 13.2 Å². The van der Waals surface area contributed by atoms with E-state index in [4.69, 9.17) is 0 Å². The first-order chi connectivity index (χ1) is 8.21. The molecule has 1 aromatic carbocycles. The zero-order valence-electron chi connectivity index (χ0n) is 8.78. The summed E-state index contributed by atoms with van der Waals surface area (Å²) in [4.78, 5) is 21.6. The molecule has 0 radical (unpaired) electrons. The van der Waals surface area contributed by atoms with Gasteiger partial charge in [0.05, 0.1) is 6.42 Å². The maximum absolute atomic E-state index is 11.9. The standard InChI is InChI=1S/C10H8F3NO4/c11-10(12,13)7(17)4-8(18)14-9-5(15)2-1-3-6(9)16/h1-3,15-16H,4H2,(H,14,18). The fourth-order valence-electron chi connectivity index (χ4n) is 1.09. The van der Waals surface area contributed by atoms with Crippen LogP contribution in [0.15, 0.2) is 18.2 Å². The Balaban J connectivity index is 2.75. The molecule has 0 unspecified atom stereocenters. The number of carbonyl (C=O) groups excluding carboxylic acids is 2. The smallest absolute Gasteiger partial charge is 0.450 e. The van der Waals surface area contributed by atoms with E-state index in [2.05, 4.69) is 0 Å². The average Bonchev–Trinajstić information content (AvgIpc) is 2.22. The fraction of sp³-hybridized carbons (Fsp3) is 0.200. The number of amides is 1. The summed E-state index contributed by atoms with van der Waals surface area (Å²) >= 11 is 0. The third kappa shape index (κ3) is 3.37. The summed E-state index contributed by atoms with van der Waals surface area (Å²) in [5.74, 6) is -4.55. The second-order valence-corrected chi connectivity index (χ2v) is 3.32. The molecule has 0 aliphatic heterocycles. The summed E-state index contributed by atoms with van der Waals surface area (Å²) in [6.45, 7) is 0. The number of phenols is 2. The second-order valence-electron chi connectivity index (χ2n) is 3.32. The summed E-state index contributed by atoms with van der Waals surface area (Å²) in [5, 5.41) is 20.3. The van der Waals surface area contributed by atoms with Crippen molar-refractivity contribution in [2.24, 2.45) is 0 Å². The molecule has 1 aromatic rings. The molecule has 3 N–H and O–H groups in total. The first-order valence-corrected chi connectivity index (χ1v) is 4.62. The maximum Gasteiger partial charge on any atom is 0.450 e. The predicted octanol–water partition coefficient (Wildman–Crippen LogP) is 1.56. The number of nitrogens with one attached hydrogen (secondary N) is 1. The highest BCUT2D eigenvalue weighted by molar-refractivity contribution is 6.07. The van der Waals surface area contributed by atoms with Gasteiger partial charge in [-0.3, -0.25) is 9.59 Å². The minimum Gasteiger partial charge on any atom is -0.506 e. The molecule has 0 aliphatic rings. The molecule has 1 amide bonds. The highest BCUT2D eigenvalue weighted by atomic mass is 19.4. The van der Waals surface area contributed by atoms with Gasteiger partial charge in [-0.25, -0.2) is 0 Å². The molecule has 0 spiro atoms. The number of anilines is 1. The van der Waals surface area contributed by atoms with Crippen LogP contribution in [0, 0.1) is 0 Å². The highest BCUT2D eigenvalue weighted by Gasteiger charge is 2.39. The first kappa shape index (κ1) is 13.8. The molecular formula is C10H8F3NO4. The van der Waals surface area contributed by atoms with Crippen molar-refractivity contribution >= 4 is 17.4 Å². The van der Waals surface area contributed by atoms with E-state index in [1.165, 1.54) is 6.07 Å². The number of Topliss-reactive ketones (excluding diaryl/α,β-unsaturated/α-hetero) is 1. The van der Waals surface area contributed by atoms with Gasteiger partial charge in [0, 0.05) is 0 Å². The molecule has 0 aliphatic carbocycles. The zero-order valence-corrected chi connectivity index (χ0v) is 8.78. The normalized spacial score (nSPS) is 11.1. The van der Waals surface area contributed by atoms with Gasteiger partial charge < -0.3 is 15.5 Å². The number of ketones is 1. The lowest BCUT2D eigenvalue weighted by atomic mass is 10.2. The SMILES string of the molecule is O=C(CC(=O)C(F)(F)F)Nc1c(O)cccc1O. The number of hydrogen-bond donors (Lipinski definition) is 3. The molecule has 0 aromatic heterocycles. The van der Waals surface area contributed by atoms with Gasteiger partial charge in [-0.1, -0.05) is 6.07 Å². The molecule has 1 rings (SSSR count). The Labute approximate surface area is 98.8 Å². The Hall–Kier alpha value is -2.25. The molecule has 0 saturated carbocycles. The Morgan fingerprint density at radius 3 is 2.11 bits per heavy atom. The zero-order chi connectivity index (χ0) is 13.9. The molecule has 0 atom stereocenters. The van der Waals surface area contributed by atoms with E-state index in [0.717, 1.165) is 12.1 Å². The average molecular weight is 263 g/mol. The van der Waals surface area contributed by atoms with Crippen molar-refractivity contribution in [1.82, 2.24) is 0 Å². The minimum atomic E-state index is -5.10. The van der Waals surface area contributed by atoms with Crippen LogP contribution in [0.1, 0.15) is 6.42 Å². The van der Waals surface area contributed by atoms with Gasteiger partial charge in [0.1, 0.15) is 17.2 Å². The fourth-order valence-corrected chi connectivity index (χ4v) is 1.09. The van der Waals surface area contributed by atoms with Crippen LogP contribution in [0.25, 0.3) is 0 Å². The maximum atomic E-state index is 11.9. The lowest BCUT2D eigenvalue weighted by Crippen LogP contribution is -2.27. The van der Waals surface area contributed by atoms with E-state index in [0.29, 0.717) is 0 Å². The van der Waals surface area contributed by atoms with E-state index < -0.39 is 41.5 Å². The van der Waals surface area contributed by atoms with E-state index in [9.17, 15) is 33.0 Å². The van der Waals surface area contributed by atoms with Crippen LogP contribution in [0.4, 0.5) is 18.9 Å². The molecule has 18 heavy (non-hydrogen) atoms. The summed E-state index contributed by atoms with van der Waals surface area (Å²) in [7, 11) is 0. The van der Waals surface area contributed by atoms with Crippen LogP contribution in [-0.2, 0) is 9.59 Å². The number of alkyl halides is 3. The van der Waals surface area contributed by atoms with Gasteiger partial charge >= 0.3 is 6.18 Å². The summed E-state index contributed by atoms with van der Waals surface area (Å²) in [5.41, 5.74) is -0.447. The minimum absolute atomic E-state index is 0.447. The van der Waals surface area contributed by atoms with Crippen LogP contribution in [0.5, 0.6) is 11.5 Å². The monoisotopic (exact) mass is 263 g/mol. The Bertz CT molecular complexity index is 464. The quantitative estimate of drug-likeness (QED) is 0.570.